The maximum absolute atomic E-state index is 12.6. The summed E-state index contributed by atoms with van der Waals surface area (Å²) < 4.78 is 7.25. The number of hydrogen-bond acceptors (Lipinski definition) is 5. The molecule has 1 amide bonds. The summed E-state index contributed by atoms with van der Waals surface area (Å²) in [6.07, 6.45) is 4.00. The van der Waals surface area contributed by atoms with Gasteiger partial charge in [-0.1, -0.05) is 23.7 Å². The second-order valence-electron chi connectivity index (χ2n) is 9.41. The molecular formula is C26H29ClN4O4. The van der Waals surface area contributed by atoms with Gasteiger partial charge in [0.25, 0.3) is 0 Å². The molecule has 184 valence electrons. The summed E-state index contributed by atoms with van der Waals surface area (Å²) in [4.78, 5) is 30.8. The number of ether oxygens (including phenoxy) is 1. The lowest BCUT2D eigenvalue weighted by atomic mass is 9.86. The minimum Gasteiger partial charge on any atom is -0.481 e. The Morgan fingerprint density at radius 1 is 1.11 bits per heavy atom. The van der Waals surface area contributed by atoms with Gasteiger partial charge in [0.05, 0.1) is 40.5 Å². The predicted molar refractivity (Wildman–Crippen MR) is 136 cm³/mol. The van der Waals surface area contributed by atoms with Crippen molar-refractivity contribution in [2.75, 3.05) is 17.3 Å². The molecule has 35 heavy (non-hydrogen) atoms. The van der Waals surface area contributed by atoms with Gasteiger partial charge in [0, 0.05) is 17.6 Å². The molecule has 1 aliphatic heterocycles. The van der Waals surface area contributed by atoms with Crippen molar-refractivity contribution in [3.63, 3.8) is 0 Å². The molecule has 0 radical (unpaired) electrons. The van der Waals surface area contributed by atoms with Crippen LogP contribution in [0.5, 0.6) is 0 Å². The second-order valence-corrected chi connectivity index (χ2v) is 9.82. The number of aromatic nitrogens is 2. The fourth-order valence-electron chi connectivity index (χ4n) is 5.50. The Hall–Kier alpha value is -3.26. The highest BCUT2D eigenvalue weighted by atomic mass is 35.5. The van der Waals surface area contributed by atoms with Gasteiger partial charge in [-0.25, -0.2) is 9.78 Å². The number of aliphatic carboxylic acids is 1. The van der Waals surface area contributed by atoms with E-state index in [9.17, 15) is 14.7 Å². The van der Waals surface area contributed by atoms with Gasteiger partial charge in [0.1, 0.15) is 0 Å². The molecule has 8 nitrogen and oxygen atoms in total. The zero-order valence-corrected chi connectivity index (χ0v) is 20.6. The number of nitrogens with one attached hydrogen (secondary N) is 1. The van der Waals surface area contributed by atoms with E-state index < -0.39 is 5.97 Å². The van der Waals surface area contributed by atoms with E-state index in [0.717, 1.165) is 53.7 Å². The number of aryl methyl sites for hydroxylation is 1. The minimum absolute atomic E-state index is 0.0292. The Morgan fingerprint density at radius 3 is 2.54 bits per heavy atom. The number of benzene rings is 2. The van der Waals surface area contributed by atoms with Crippen LogP contribution in [-0.2, 0) is 16.0 Å². The molecule has 0 bridgehead atoms. The van der Waals surface area contributed by atoms with Crippen LogP contribution in [0.15, 0.2) is 36.4 Å². The predicted octanol–water partition coefficient (Wildman–Crippen LogP) is 6.16. The Bertz CT molecular complexity index is 1280. The van der Waals surface area contributed by atoms with Crippen LogP contribution < -0.4 is 10.2 Å². The summed E-state index contributed by atoms with van der Waals surface area (Å²) in [6, 6.07) is 11.6. The first-order valence-corrected chi connectivity index (χ1v) is 12.4. The van der Waals surface area contributed by atoms with Crippen molar-refractivity contribution in [3.8, 4) is 0 Å². The fraction of sp³-hybridized carbons (Fsp3) is 0.423. The van der Waals surface area contributed by atoms with Gasteiger partial charge in [0.2, 0.25) is 5.95 Å². The lowest BCUT2D eigenvalue weighted by Crippen LogP contribution is -2.42. The molecule has 2 heterocycles. The van der Waals surface area contributed by atoms with Crippen LogP contribution >= 0.6 is 11.6 Å². The number of amides is 1. The fourth-order valence-corrected chi connectivity index (χ4v) is 5.68. The average Bonchev–Trinajstić information content (AvgIpc) is 3.23. The van der Waals surface area contributed by atoms with Crippen molar-refractivity contribution in [1.82, 2.24) is 9.55 Å². The van der Waals surface area contributed by atoms with Gasteiger partial charge in [-0.2, -0.15) is 0 Å². The first-order chi connectivity index (χ1) is 16.9. The summed E-state index contributed by atoms with van der Waals surface area (Å²) in [7, 11) is 1.40. The highest BCUT2D eigenvalue weighted by molar-refractivity contribution is 6.33. The quantitative estimate of drug-likeness (QED) is 0.449. The molecule has 9 heteroatoms. The van der Waals surface area contributed by atoms with Gasteiger partial charge >= 0.3 is 12.1 Å². The highest BCUT2D eigenvalue weighted by Gasteiger charge is 2.33. The van der Waals surface area contributed by atoms with Crippen molar-refractivity contribution in [2.45, 2.75) is 57.5 Å². The zero-order valence-electron chi connectivity index (χ0n) is 19.8. The maximum atomic E-state index is 12.6. The number of halogens is 1. The van der Waals surface area contributed by atoms with E-state index >= 15 is 0 Å². The third kappa shape index (κ3) is 4.20. The van der Waals surface area contributed by atoms with Crippen molar-refractivity contribution < 1.29 is 19.4 Å². The molecule has 1 unspecified atom stereocenters. The number of fused-ring (bicyclic) bond motifs is 3. The van der Waals surface area contributed by atoms with Crippen LogP contribution in [0.4, 0.5) is 22.1 Å². The van der Waals surface area contributed by atoms with E-state index in [-0.39, 0.29) is 24.1 Å². The number of anilines is 3. The smallest absolute Gasteiger partial charge is 0.414 e. The molecule has 0 saturated heterocycles. The van der Waals surface area contributed by atoms with Crippen molar-refractivity contribution in [2.24, 2.45) is 5.92 Å². The molecule has 2 aliphatic rings. The van der Waals surface area contributed by atoms with Crippen LogP contribution in [0.2, 0.25) is 5.02 Å². The lowest BCUT2D eigenvalue weighted by molar-refractivity contribution is -0.143. The molecule has 1 saturated carbocycles. The van der Waals surface area contributed by atoms with Gasteiger partial charge < -0.3 is 19.7 Å². The number of rotatable bonds is 4. The summed E-state index contributed by atoms with van der Waals surface area (Å²) in [5.41, 5.74) is 4.41. The molecule has 1 atom stereocenters. The molecule has 2 aromatic carbocycles. The molecule has 0 spiro atoms. The third-order valence-electron chi connectivity index (χ3n) is 7.36. The van der Waals surface area contributed by atoms with E-state index in [4.69, 9.17) is 21.3 Å². The Morgan fingerprint density at radius 2 is 1.86 bits per heavy atom. The van der Waals surface area contributed by atoms with Gasteiger partial charge in [0.15, 0.2) is 0 Å². The summed E-state index contributed by atoms with van der Waals surface area (Å²) in [6.45, 7) is 2.02. The molecule has 1 fully saturated rings. The van der Waals surface area contributed by atoms with Gasteiger partial charge in [-0.05, 0) is 69.7 Å². The number of carboxylic acids is 1. The molecule has 3 aromatic rings. The Balaban J connectivity index is 1.63. The van der Waals surface area contributed by atoms with Crippen LogP contribution in [0.25, 0.3) is 11.0 Å². The van der Waals surface area contributed by atoms with Crippen LogP contribution in [0.1, 0.15) is 50.6 Å². The first kappa shape index (κ1) is 23.5. The SMILES string of the molecule is COC(=O)N1c2ccc3c(nc(Nc4ccccc4Cl)n3C3CCC(C(=O)O)CC3)c2CCC1C. The number of carbonyl (C=O) groups excluding carboxylic acids is 1. The van der Waals surface area contributed by atoms with E-state index in [1.54, 1.807) is 4.90 Å². The number of methoxy groups -OCH3 is 1. The Kier molecular flexibility index (Phi) is 6.32. The summed E-state index contributed by atoms with van der Waals surface area (Å²) in [5, 5.41) is 13.5. The van der Waals surface area contributed by atoms with Gasteiger partial charge in [-0.15, -0.1) is 0 Å². The van der Waals surface area contributed by atoms with E-state index in [1.165, 1.54) is 7.11 Å². The van der Waals surface area contributed by atoms with E-state index in [1.807, 2.05) is 43.3 Å². The minimum atomic E-state index is -0.723. The largest absolute Gasteiger partial charge is 0.481 e. The molecule has 5 rings (SSSR count). The molecular weight excluding hydrogens is 468 g/mol. The van der Waals surface area contributed by atoms with Gasteiger partial charge in [-0.3, -0.25) is 9.69 Å². The van der Waals surface area contributed by atoms with E-state index in [2.05, 4.69) is 9.88 Å². The lowest BCUT2D eigenvalue weighted by Gasteiger charge is -2.34. The van der Waals surface area contributed by atoms with E-state index in [0.29, 0.717) is 23.8 Å². The monoisotopic (exact) mass is 496 g/mol. The van der Waals surface area contributed by atoms with Crippen LogP contribution in [0, 0.1) is 5.92 Å². The number of nitrogens with zero attached hydrogens (tertiary/aromatic N) is 3. The average molecular weight is 497 g/mol. The van der Waals surface area contributed by atoms with Crippen molar-refractivity contribution in [3.05, 3.63) is 47.0 Å². The standard InChI is InChI=1S/C26H29ClN4O4/c1-15-7-12-18-21(30(15)26(34)35-2)13-14-22-23(18)29-25(28-20-6-4-3-5-19(20)27)31(22)17-10-8-16(9-11-17)24(32)33/h3-6,13-17H,7-12H2,1-2H3,(H,28,29)(H,32,33). The summed E-state index contributed by atoms with van der Waals surface area (Å²) >= 11 is 6.44. The number of hydrogen-bond donors (Lipinski definition) is 2. The first-order valence-electron chi connectivity index (χ1n) is 12.0. The summed E-state index contributed by atoms with van der Waals surface area (Å²) in [5.74, 6) is -0.355. The normalized spacial score (nSPS) is 22.0. The molecule has 2 N–H and O–H groups in total. The number of carbonyl (C=O) groups is 2. The molecule has 1 aromatic heterocycles. The molecule has 1 aliphatic carbocycles. The Labute approximate surface area is 208 Å². The highest BCUT2D eigenvalue weighted by Crippen LogP contribution is 2.42. The number of para-hydroxylation sites is 1. The maximum Gasteiger partial charge on any atom is 0.414 e. The topological polar surface area (TPSA) is 96.7 Å². The van der Waals surface area contributed by atoms with Crippen LogP contribution in [0.3, 0.4) is 0 Å². The number of carboxylic acid groups (broad SMARTS) is 1. The van der Waals surface area contributed by atoms with Crippen molar-refractivity contribution in [1.29, 1.82) is 0 Å². The van der Waals surface area contributed by atoms with Crippen LogP contribution in [-0.4, -0.2) is 39.9 Å². The zero-order chi connectivity index (χ0) is 24.7. The number of imidazole rings is 1. The second kappa shape index (κ2) is 9.41. The third-order valence-corrected chi connectivity index (χ3v) is 7.69. The van der Waals surface area contributed by atoms with Crippen molar-refractivity contribution >= 4 is 52.0 Å².